The lowest BCUT2D eigenvalue weighted by Gasteiger charge is -2.24. The Bertz CT molecular complexity index is 435. The van der Waals surface area contributed by atoms with Crippen LogP contribution in [0.25, 0.3) is 0 Å². The molecule has 0 saturated carbocycles. The Balaban J connectivity index is 2.34. The van der Waals surface area contributed by atoms with Gasteiger partial charge >= 0.3 is 0 Å². The number of nitrogens with two attached hydrogens (primary N) is 1. The average Bonchev–Trinajstić information content (AvgIpc) is 2.36. The van der Waals surface area contributed by atoms with E-state index >= 15 is 0 Å². The van der Waals surface area contributed by atoms with Crippen molar-refractivity contribution < 1.29 is 4.74 Å². The fourth-order valence-electron chi connectivity index (χ4n) is 1.93. The molecule has 1 atom stereocenters. The van der Waals surface area contributed by atoms with Gasteiger partial charge < -0.3 is 4.74 Å². The first-order chi connectivity index (χ1) is 8.22. The Morgan fingerprint density at radius 1 is 1.35 bits per heavy atom. The summed E-state index contributed by atoms with van der Waals surface area (Å²) in [5, 5.41) is 0. The maximum Gasteiger partial charge on any atom is 0.0876 e. The van der Waals surface area contributed by atoms with Crippen molar-refractivity contribution in [2.75, 3.05) is 6.61 Å². The summed E-state index contributed by atoms with van der Waals surface area (Å²) < 4.78 is 7.44. The van der Waals surface area contributed by atoms with Gasteiger partial charge in [0.05, 0.1) is 18.9 Å². The standard InChI is InChI=1S/C12H14Br2N2O/c13-9-3-4-11(14)10(6-9)12(16-15)8-2-1-5-17-7-8/h3-4,6-7,12,16H,1-2,5,15H2. The molecule has 1 aliphatic rings. The molecule has 3 N–H and O–H groups in total. The number of nitrogens with one attached hydrogen (secondary N) is 1. The molecule has 0 aliphatic carbocycles. The highest BCUT2D eigenvalue weighted by molar-refractivity contribution is 9.11. The van der Waals surface area contributed by atoms with E-state index in [1.54, 1.807) is 0 Å². The van der Waals surface area contributed by atoms with E-state index in [1.807, 2.05) is 18.4 Å². The molecule has 0 amide bonds. The van der Waals surface area contributed by atoms with Crippen molar-refractivity contribution in [2.24, 2.45) is 5.84 Å². The van der Waals surface area contributed by atoms with Crippen LogP contribution in [0.1, 0.15) is 24.4 Å². The largest absolute Gasteiger partial charge is 0.501 e. The van der Waals surface area contributed by atoms with Gasteiger partial charge in [0.15, 0.2) is 0 Å². The van der Waals surface area contributed by atoms with Crippen molar-refractivity contribution >= 4 is 31.9 Å². The minimum Gasteiger partial charge on any atom is -0.501 e. The lowest BCUT2D eigenvalue weighted by atomic mass is 9.96. The summed E-state index contributed by atoms with van der Waals surface area (Å²) in [6.07, 6.45) is 3.87. The molecule has 0 radical (unpaired) electrons. The van der Waals surface area contributed by atoms with Gasteiger partial charge in [0.25, 0.3) is 0 Å². The topological polar surface area (TPSA) is 47.3 Å². The third kappa shape index (κ3) is 3.10. The van der Waals surface area contributed by atoms with Crippen molar-refractivity contribution in [3.63, 3.8) is 0 Å². The molecule has 0 spiro atoms. The molecular weight excluding hydrogens is 348 g/mol. The van der Waals surface area contributed by atoms with Crippen LogP contribution in [0.2, 0.25) is 0 Å². The molecule has 0 saturated heterocycles. The molecular formula is C12H14Br2N2O. The van der Waals surface area contributed by atoms with Gasteiger partial charge in [0, 0.05) is 8.95 Å². The zero-order valence-corrected chi connectivity index (χ0v) is 12.4. The summed E-state index contributed by atoms with van der Waals surface area (Å²) in [4.78, 5) is 0. The third-order valence-electron chi connectivity index (χ3n) is 2.77. The van der Waals surface area contributed by atoms with Gasteiger partial charge in [-0.15, -0.1) is 0 Å². The summed E-state index contributed by atoms with van der Waals surface area (Å²) in [6, 6.07) is 6.05. The number of benzene rings is 1. The van der Waals surface area contributed by atoms with E-state index in [0.717, 1.165) is 34.0 Å². The maximum atomic E-state index is 5.67. The summed E-state index contributed by atoms with van der Waals surface area (Å²) >= 11 is 7.03. The molecule has 1 aliphatic heterocycles. The molecule has 1 aromatic carbocycles. The first kappa shape index (κ1) is 13.1. The predicted molar refractivity (Wildman–Crippen MR) is 75.2 cm³/mol. The molecule has 5 heteroatoms. The second-order valence-electron chi connectivity index (χ2n) is 3.93. The number of hydrogen-bond donors (Lipinski definition) is 2. The van der Waals surface area contributed by atoms with Gasteiger partial charge in [-0.05, 0) is 42.2 Å². The monoisotopic (exact) mass is 360 g/mol. The predicted octanol–water partition coefficient (Wildman–Crippen LogP) is 3.41. The molecule has 0 fully saturated rings. The van der Waals surface area contributed by atoms with Gasteiger partial charge in [0.2, 0.25) is 0 Å². The van der Waals surface area contributed by atoms with E-state index in [9.17, 15) is 0 Å². The number of hydrazine groups is 1. The van der Waals surface area contributed by atoms with E-state index < -0.39 is 0 Å². The minimum absolute atomic E-state index is 0.0119. The van der Waals surface area contributed by atoms with Crippen LogP contribution in [0.5, 0.6) is 0 Å². The fourth-order valence-corrected chi connectivity index (χ4v) is 2.78. The Morgan fingerprint density at radius 3 is 2.82 bits per heavy atom. The van der Waals surface area contributed by atoms with Crippen LogP contribution in [0, 0.1) is 0 Å². The lowest BCUT2D eigenvalue weighted by Crippen LogP contribution is -2.30. The Hall–Kier alpha value is -0.360. The highest BCUT2D eigenvalue weighted by Crippen LogP contribution is 2.33. The van der Waals surface area contributed by atoms with E-state index in [0.29, 0.717) is 0 Å². The zero-order chi connectivity index (χ0) is 12.3. The molecule has 3 nitrogen and oxygen atoms in total. The van der Waals surface area contributed by atoms with Crippen LogP contribution in [-0.4, -0.2) is 6.61 Å². The number of halogens is 2. The lowest BCUT2D eigenvalue weighted by molar-refractivity contribution is 0.219. The highest BCUT2D eigenvalue weighted by Gasteiger charge is 2.20. The van der Waals surface area contributed by atoms with Crippen molar-refractivity contribution in [1.82, 2.24) is 5.43 Å². The van der Waals surface area contributed by atoms with Crippen molar-refractivity contribution in [2.45, 2.75) is 18.9 Å². The van der Waals surface area contributed by atoms with E-state index in [1.165, 1.54) is 5.57 Å². The highest BCUT2D eigenvalue weighted by atomic mass is 79.9. The van der Waals surface area contributed by atoms with E-state index in [2.05, 4.69) is 43.4 Å². The van der Waals surface area contributed by atoms with Gasteiger partial charge in [0.1, 0.15) is 0 Å². The SMILES string of the molecule is NNC(C1=COCCC1)c1cc(Br)ccc1Br. The summed E-state index contributed by atoms with van der Waals surface area (Å²) in [7, 11) is 0. The van der Waals surface area contributed by atoms with Crippen molar-refractivity contribution in [1.29, 1.82) is 0 Å². The second kappa shape index (κ2) is 6.00. The molecule has 1 aromatic rings. The average molecular weight is 362 g/mol. The molecule has 17 heavy (non-hydrogen) atoms. The zero-order valence-electron chi connectivity index (χ0n) is 9.25. The minimum atomic E-state index is -0.0119. The Morgan fingerprint density at radius 2 is 2.18 bits per heavy atom. The first-order valence-electron chi connectivity index (χ1n) is 5.44. The van der Waals surface area contributed by atoms with Crippen LogP contribution in [0.3, 0.4) is 0 Å². The number of hydrogen-bond acceptors (Lipinski definition) is 3. The van der Waals surface area contributed by atoms with Crippen LogP contribution in [-0.2, 0) is 4.74 Å². The molecule has 0 bridgehead atoms. The van der Waals surface area contributed by atoms with E-state index in [-0.39, 0.29) is 6.04 Å². The summed E-state index contributed by atoms with van der Waals surface area (Å²) in [6.45, 7) is 0.792. The van der Waals surface area contributed by atoms with Gasteiger partial charge in [-0.2, -0.15) is 0 Å². The van der Waals surface area contributed by atoms with Crippen molar-refractivity contribution in [3.8, 4) is 0 Å². The van der Waals surface area contributed by atoms with Gasteiger partial charge in [-0.3, -0.25) is 5.84 Å². The molecule has 1 unspecified atom stereocenters. The van der Waals surface area contributed by atoms with Gasteiger partial charge in [-0.25, -0.2) is 5.43 Å². The smallest absolute Gasteiger partial charge is 0.0876 e. The molecule has 92 valence electrons. The van der Waals surface area contributed by atoms with Crippen molar-refractivity contribution in [3.05, 3.63) is 44.5 Å². The summed E-state index contributed by atoms with van der Waals surface area (Å²) in [5.74, 6) is 5.67. The van der Waals surface area contributed by atoms with Crippen LogP contribution in [0.15, 0.2) is 39.0 Å². The molecule has 2 rings (SSSR count). The van der Waals surface area contributed by atoms with Crippen LogP contribution in [0.4, 0.5) is 0 Å². The molecule has 1 heterocycles. The third-order valence-corrected chi connectivity index (χ3v) is 3.98. The summed E-state index contributed by atoms with van der Waals surface area (Å²) in [5.41, 5.74) is 5.15. The quantitative estimate of drug-likeness (QED) is 0.640. The second-order valence-corrected chi connectivity index (χ2v) is 5.70. The van der Waals surface area contributed by atoms with Crippen LogP contribution < -0.4 is 11.3 Å². The fraction of sp³-hybridized carbons (Fsp3) is 0.333. The number of rotatable bonds is 3. The van der Waals surface area contributed by atoms with E-state index in [4.69, 9.17) is 10.6 Å². The molecule has 0 aromatic heterocycles. The number of ether oxygens (including phenoxy) is 1. The Kier molecular flexibility index (Phi) is 4.62. The maximum absolute atomic E-state index is 5.67. The van der Waals surface area contributed by atoms with Crippen LogP contribution >= 0.6 is 31.9 Å². The normalized spacial score (nSPS) is 17.2. The van der Waals surface area contributed by atoms with Gasteiger partial charge in [-0.1, -0.05) is 31.9 Å². The first-order valence-corrected chi connectivity index (χ1v) is 7.02. The Labute approximate surface area is 118 Å².